The Balaban J connectivity index is 2.20. The van der Waals surface area contributed by atoms with Crippen LogP contribution >= 0.6 is 0 Å². The maximum absolute atomic E-state index is 12.7. The highest BCUT2D eigenvalue weighted by Crippen LogP contribution is 2.29. The first-order valence-corrected chi connectivity index (χ1v) is 9.43. The zero-order valence-corrected chi connectivity index (χ0v) is 17.8. The number of amides is 2. The molecular formula is C21H24F3N3O4. The van der Waals surface area contributed by atoms with Gasteiger partial charge in [0.2, 0.25) is 5.91 Å². The Bertz CT molecular complexity index is 961. The summed E-state index contributed by atoms with van der Waals surface area (Å²) >= 11 is 0. The van der Waals surface area contributed by atoms with Crippen molar-refractivity contribution >= 4 is 17.6 Å². The van der Waals surface area contributed by atoms with Crippen molar-refractivity contribution in [2.45, 2.75) is 40.1 Å². The number of halogens is 3. The molecule has 0 spiro atoms. The standard InChI is InChI=1S/C21H24F3N3O4/c1-11(2)19(28)27-18-9-14(8-12(3)25-18)13(4)26-20(29)16-7-6-15(10-17(16)30-5)31-21(22,23)24/h6-11,13H,1-5H3,(H,26,29)(H,25,27,28). The summed E-state index contributed by atoms with van der Waals surface area (Å²) in [5.74, 6) is -1.16. The third kappa shape index (κ3) is 6.87. The molecule has 0 aliphatic heterocycles. The number of nitrogens with zero attached hydrogens (tertiary/aromatic N) is 1. The van der Waals surface area contributed by atoms with E-state index in [1.54, 1.807) is 39.8 Å². The van der Waals surface area contributed by atoms with Crippen molar-refractivity contribution in [3.63, 3.8) is 0 Å². The third-order valence-electron chi connectivity index (χ3n) is 4.25. The molecule has 0 bridgehead atoms. The summed E-state index contributed by atoms with van der Waals surface area (Å²) in [6.07, 6.45) is -4.86. The van der Waals surface area contributed by atoms with Gasteiger partial charge in [-0.3, -0.25) is 9.59 Å². The largest absolute Gasteiger partial charge is 0.573 e. The van der Waals surface area contributed by atoms with Gasteiger partial charge in [0.05, 0.1) is 18.7 Å². The number of anilines is 1. The first-order valence-electron chi connectivity index (χ1n) is 9.43. The van der Waals surface area contributed by atoms with E-state index < -0.39 is 24.1 Å². The monoisotopic (exact) mass is 439 g/mol. The molecule has 2 aromatic rings. The van der Waals surface area contributed by atoms with Crippen LogP contribution < -0.4 is 20.1 Å². The van der Waals surface area contributed by atoms with E-state index in [1.165, 1.54) is 13.2 Å². The van der Waals surface area contributed by atoms with Crippen LogP contribution in [0.4, 0.5) is 19.0 Å². The Hall–Kier alpha value is -3.30. The number of nitrogens with one attached hydrogen (secondary N) is 2. The van der Waals surface area contributed by atoms with E-state index in [0.717, 1.165) is 12.1 Å². The van der Waals surface area contributed by atoms with Crippen LogP contribution in [0.25, 0.3) is 0 Å². The number of hydrogen-bond acceptors (Lipinski definition) is 5. The number of rotatable bonds is 7. The molecular weight excluding hydrogens is 415 g/mol. The predicted octanol–water partition coefficient (Wildman–Crippen LogP) is 4.38. The molecule has 1 heterocycles. The molecule has 2 N–H and O–H groups in total. The first-order chi connectivity index (χ1) is 14.4. The minimum Gasteiger partial charge on any atom is -0.496 e. The Labute approximate surface area is 178 Å². The maximum Gasteiger partial charge on any atom is 0.573 e. The Morgan fingerprint density at radius 3 is 2.35 bits per heavy atom. The molecule has 0 aliphatic rings. The number of alkyl halides is 3. The van der Waals surface area contributed by atoms with E-state index in [4.69, 9.17) is 4.74 Å². The molecule has 0 radical (unpaired) electrons. The number of hydrogen-bond donors (Lipinski definition) is 2. The minimum absolute atomic E-state index is 0.0444. The van der Waals surface area contributed by atoms with Gasteiger partial charge in [0.15, 0.2) is 0 Å². The number of carbonyl (C=O) groups excluding carboxylic acids is 2. The molecule has 0 saturated heterocycles. The van der Waals surface area contributed by atoms with Gasteiger partial charge in [-0.15, -0.1) is 13.2 Å². The molecule has 1 aromatic carbocycles. The molecule has 168 valence electrons. The summed E-state index contributed by atoms with van der Waals surface area (Å²) in [4.78, 5) is 28.9. The van der Waals surface area contributed by atoms with Crippen LogP contribution in [-0.2, 0) is 4.79 Å². The molecule has 7 nitrogen and oxygen atoms in total. The number of aromatic nitrogens is 1. The van der Waals surface area contributed by atoms with Crippen molar-refractivity contribution in [2.24, 2.45) is 5.92 Å². The molecule has 1 aromatic heterocycles. The topological polar surface area (TPSA) is 89.6 Å². The molecule has 0 saturated carbocycles. The predicted molar refractivity (Wildman–Crippen MR) is 108 cm³/mol. The van der Waals surface area contributed by atoms with E-state index >= 15 is 0 Å². The van der Waals surface area contributed by atoms with Gasteiger partial charge in [-0.05, 0) is 43.7 Å². The average molecular weight is 439 g/mol. The third-order valence-corrected chi connectivity index (χ3v) is 4.25. The summed E-state index contributed by atoms with van der Waals surface area (Å²) in [6.45, 7) is 7.00. The molecule has 2 rings (SSSR count). The number of pyridine rings is 1. The molecule has 2 amide bonds. The molecule has 1 atom stereocenters. The highest BCUT2D eigenvalue weighted by Gasteiger charge is 2.31. The highest BCUT2D eigenvalue weighted by molar-refractivity contribution is 5.97. The normalized spacial score (nSPS) is 12.3. The zero-order chi connectivity index (χ0) is 23.3. The molecule has 1 unspecified atom stereocenters. The fourth-order valence-corrected chi connectivity index (χ4v) is 2.69. The lowest BCUT2D eigenvalue weighted by Crippen LogP contribution is -2.27. The first kappa shape index (κ1) is 24.0. The quantitative estimate of drug-likeness (QED) is 0.668. The number of ether oxygens (including phenoxy) is 2. The lowest BCUT2D eigenvalue weighted by molar-refractivity contribution is -0.274. The second kappa shape index (κ2) is 9.67. The average Bonchev–Trinajstić information content (AvgIpc) is 2.65. The number of methoxy groups -OCH3 is 1. The second-order valence-corrected chi connectivity index (χ2v) is 7.18. The van der Waals surface area contributed by atoms with Gasteiger partial charge in [0.25, 0.3) is 5.91 Å². The van der Waals surface area contributed by atoms with Crippen molar-refractivity contribution in [3.05, 3.63) is 47.2 Å². The van der Waals surface area contributed by atoms with Crippen LogP contribution in [0.1, 0.15) is 48.4 Å². The lowest BCUT2D eigenvalue weighted by atomic mass is 10.1. The fourth-order valence-electron chi connectivity index (χ4n) is 2.69. The van der Waals surface area contributed by atoms with E-state index in [0.29, 0.717) is 17.1 Å². The van der Waals surface area contributed by atoms with Crippen LogP contribution in [0.2, 0.25) is 0 Å². The molecule has 10 heteroatoms. The van der Waals surface area contributed by atoms with E-state index in [1.807, 2.05) is 0 Å². The highest BCUT2D eigenvalue weighted by atomic mass is 19.4. The van der Waals surface area contributed by atoms with Crippen molar-refractivity contribution in [1.82, 2.24) is 10.3 Å². The fraction of sp³-hybridized carbons (Fsp3) is 0.381. The summed E-state index contributed by atoms with van der Waals surface area (Å²) in [6, 6.07) is 6.13. The van der Waals surface area contributed by atoms with Crippen molar-refractivity contribution in [1.29, 1.82) is 0 Å². The van der Waals surface area contributed by atoms with Crippen molar-refractivity contribution in [3.8, 4) is 11.5 Å². The number of aryl methyl sites for hydroxylation is 1. The number of carbonyl (C=O) groups is 2. The van der Waals surface area contributed by atoms with Crippen LogP contribution in [0.5, 0.6) is 11.5 Å². The molecule has 0 fully saturated rings. The van der Waals surface area contributed by atoms with Gasteiger partial charge in [0.1, 0.15) is 17.3 Å². The van der Waals surface area contributed by atoms with Crippen LogP contribution in [0.3, 0.4) is 0 Å². The second-order valence-electron chi connectivity index (χ2n) is 7.18. The zero-order valence-electron chi connectivity index (χ0n) is 17.8. The van der Waals surface area contributed by atoms with Gasteiger partial charge < -0.3 is 20.1 Å². The Morgan fingerprint density at radius 2 is 1.77 bits per heavy atom. The summed E-state index contributed by atoms with van der Waals surface area (Å²) < 4.78 is 46.1. The Kier molecular flexibility index (Phi) is 7.48. The summed E-state index contributed by atoms with van der Waals surface area (Å²) in [7, 11) is 1.24. The van der Waals surface area contributed by atoms with Gasteiger partial charge >= 0.3 is 6.36 Å². The SMILES string of the molecule is COc1cc(OC(F)(F)F)ccc1C(=O)NC(C)c1cc(C)nc(NC(=O)C(C)C)c1. The van der Waals surface area contributed by atoms with Crippen molar-refractivity contribution in [2.75, 3.05) is 12.4 Å². The smallest absolute Gasteiger partial charge is 0.496 e. The van der Waals surface area contributed by atoms with Gasteiger partial charge in [-0.1, -0.05) is 13.8 Å². The van der Waals surface area contributed by atoms with Gasteiger partial charge in [0, 0.05) is 17.7 Å². The van der Waals surface area contributed by atoms with E-state index in [9.17, 15) is 22.8 Å². The lowest BCUT2D eigenvalue weighted by Gasteiger charge is -2.18. The molecule has 31 heavy (non-hydrogen) atoms. The molecule has 0 aliphatic carbocycles. The van der Waals surface area contributed by atoms with Gasteiger partial charge in [-0.2, -0.15) is 0 Å². The summed E-state index contributed by atoms with van der Waals surface area (Å²) in [5.41, 5.74) is 1.38. The maximum atomic E-state index is 12.7. The number of benzene rings is 1. The van der Waals surface area contributed by atoms with Gasteiger partial charge in [-0.25, -0.2) is 4.98 Å². The van der Waals surface area contributed by atoms with Crippen LogP contribution in [-0.4, -0.2) is 30.3 Å². The van der Waals surface area contributed by atoms with E-state index in [-0.39, 0.29) is 23.1 Å². The summed E-state index contributed by atoms with van der Waals surface area (Å²) in [5, 5.41) is 5.48. The van der Waals surface area contributed by atoms with Crippen molar-refractivity contribution < 1.29 is 32.2 Å². The Morgan fingerprint density at radius 1 is 1.10 bits per heavy atom. The minimum atomic E-state index is -4.86. The van der Waals surface area contributed by atoms with E-state index in [2.05, 4.69) is 20.4 Å². The van der Waals surface area contributed by atoms with Crippen LogP contribution in [0.15, 0.2) is 30.3 Å². The van der Waals surface area contributed by atoms with Crippen LogP contribution in [0, 0.1) is 12.8 Å².